The molecular weight excluding hydrogens is 192 g/mol. The molecule has 1 rings (SSSR count). The van der Waals surface area contributed by atoms with E-state index in [0.29, 0.717) is 5.33 Å². The minimum atomic E-state index is 0.205. The van der Waals surface area contributed by atoms with Crippen molar-refractivity contribution in [3.63, 3.8) is 0 Å². The third-order valence-corrected chi connectivity index (χ3v) is 2.30. The summed E-state index contributed by atoms with van der Waals surface area (Å²) in [6.45, 7) is 0. The highest BCUT2D eigenvalue weighted by molar-refractivity contribution is 9.09. The quantitative estimate of drug-likeness (QED) is 0.497. The molecule has 0 aliphatic heterocycles. The average Bonchev–Trinajstić information content (AvgIpc) is 2.40. The zero-order chi connectivity index (χ0) is 7.40. The number of allylic oxidation sites excluding steroid dienone is 2. The van der Waals surface area contributed by atoms with Crippen molar-refractivity contribution < 1.29 is 4.79 Å². The number of carbonyl (C=O) groups is 1. The van der Waals surface area contributed by atoms with Gasteiger partial charge in [0.2, 0.25) is 0 Å². The van der Waals surface area contributed by atoms with Crippen molar-refractivity contribution in [2.24, 2.45) is 0 Å². The molecule has 10 heavy (non-hydrogen) atoms. The van der Waals surface area contributed by atoms with Crippen LogP contribution in [-0.4, -0.2) is 11.1 Å². The first-order chi connectivity index (χ1) is 4.83. The van der Waals surface area contributed by atoms with E-state index in [-0.39, 0.29) is 5.78 Å². The molecule has 0 heterocycles. The van der Waals surface area contributed by atoms with Gasteiger partial charge in [-0.15, -0.1) is 0 Å². The van der Waals surface area contributed by atoms with Gasteiger partial charge in [0.05, 0.1) is 5.33 Å². The van der Waals surface area contributed by atoms with Crippen molar-refractivity contribution >= 4 is 21.7 Å². The van der Waals surface area contributed by atoms with Crippen molar-refractivity contribution in [2.45, 2.75) is 25.7 Å². The number of carbonyl (C=O) groups excluding carboxylic acids is 1. The fraction of sp³-hybridized carbons (Fsp3) is 0.625. The van der Waals surface area contributed by atoms with E-state index in [1.165, 1.54) is 18.4 Å². The molecule has 0 saturated heterocycles. The average molecular weight is 203 g/mol. The Labute approximate surface area is 69.6 Å². The highest BCUT2D eigenvalue weighted by atomic mass is 79.9. The van der Waals surface area contributed by atoms with Crippen LogP contribution in [-0.2, 0) is 4.79 Å². The van der Waals surface area contributed by atoms with Gasteiger partial charge in [0.25, 0.3) is 0 Å². The Morgan fingerprint density at radius 2 is 2.10 bits per heavy atom. The van der Waals surface area contributed by atoms with Crippen LogP contribution in [0.2, 0.25) is 0 Å². The van der Waals surface area contributed by atoms with Crippen LogP contribution in [0.15, 0.2) is 11.6 Å². The summed E-state index contributed by atoms with van der Waals surface area (Å²) in [4.78, 5) is 10.8. The summed E-state index contributed by atoms with van der Waals surface area (Å²) in [5, 5.41) is 0.469. The Balaban J connectivity index is 2.45. The summed E-state index contributed by atoms with van der Waals surface area (Å²) in [5.41, 5.74) is 1.34. The Kier molecular flexibility index (Phi) is 3.13. The van der Waals surface area contributed by atoms with Crippen LogP contribution in [0.4, 0.5) is 0 Å². The second-order valence-corrected chi connectivity index (χ2v) is 3.17. The van der Waals surface area contributed by atoms with Crippen molar-refractivity contribution in [1.82, 2.24) is 0 Å². The monoisotopic (exact) mass is 202 g/mol. The van der Waals surface area contributed by atoms with Crippen molar-refractivity contribution in [3.8, 4) is 0 Å². The molecule has 1 fully saturated rings. The zero-order valence-corrected chi connectivity index (χ0v) is 7.49. The number of hydrogen-bond acceptors (Lipinski definition) is 1. The maximum Gasteiger partial charge on any atom is 0.166 e. The highest BCUT2D eigenvalue weighted by Gasteiger charge is 2.07. The first kappa shape index (κ1) is 7.99. The van der Waals surface area contributed by atoms with E-state index in [1.807, 2.05) is 0 Å². The summed E-state index contributed by atoms with van der Waals surface area (Å²) in [6, 6.07) is 0. The lowest BCUT2D eigenvalue weighted by Gasteiger charge is -1.91. The molecule has 0 aromatic heterocycles. The van der Waals surface area contributed by atoms with E-state index in [2.05, 4.69) is 15.9 Å². The summed E-state index contributed by atoms with van der Waals surface area (Å²) in [7, 11) is 0. The van der Waals surface area contributed by atoms with Gasteiger partial charge in [0, 0.05) is 0 Å². The minimum absolute atomic E-state index is 0.205. The van der Waals surface area contributed by atoms with Crippen LogP contribution >= 0.6 is 15.9 Å². The molecule has 1 aliphatic carbocycles. The van der Waals surface area contributed by atoms with Gasteiger partial charge in [-0.25, -0.2) is 0 Å². The van der Waals surface area contributed by atoms with E-state index in [0.717, 1.165) is 12.8 Å². The Morgan fingerprint density at radius 3 is 2.60 bits per heavy atom. The van der Waals surface area contributed by atoms with Gasteiger partial charge in [0.1, 0.15) is 0 Å². The predicted octanol–water partition coefficient (Wildman–Crippen LogP) is 2.45. The van der Waals surface area contributed by atoms with E-state index in [1.54, 1.807) is 6.08 Å². The molecule has 0 aromatic rings. The summed E-state index contributed by atoms with van der Waals surface area (Å²) >= 11 is 3.13. The van der Waals surface area contributed by atoms with Crippen LogP contribution in [0.1, 0.15) is 25.7 Å². The van der Waals surface area contributed by atoms with E-state index < -0.39 is 0 Å². The first-order valence-electron chi connectivity index (χ1n) is 3.61. The van der Waals surface area contributed by atoms with Crippen molar-refractivity contribution in [2.75, 3.05) is 5.33 Å². The number of ketones is 1. The highest BCUT2D eigenvalue weighted by Crippen LogP contribution is 2.23. The van der Waals surface area contributed by atoms with Crippen LogP contribution in [0, 0.1) is 0 Å². The third-order valence-electron chi connectivity index (χ3n) is 1.74. The Hall–Kier alpha value is -0.110. The number of hydrogen-bond donors (Lipinski definition) is 0. The van der Waals surface area contributed by atoms with Gasteiger partial charge in [0.15, 0.2) is 5.78 Å². The molecule has 0 bridgehead atoms. The minimum Gasteiger partial charge on any atom is -0.294 e. The van der Waals surface area contributed by atoms with Gasteiger partial charge < -0.3 is 0 Å². The van der Waals surface area contributed by atoms with E-state index in [4.69, 9.17) is 0 Å². The molecule has 56 valence electrons. The SMILES string of the molecule is O=C(C=C1CCCC1)CBr. The molecule has 0 spiro atoms. The lowest BCUT2D eigenvalue weighted by atomic mass is 10.2. The fourth-order valence-electron chi connectivity index (χ4n) is 1.24. The maximum absolute atomic E-state index is 10.8. The van der Waals surface area contributed by atoms with Crippen LogP contribution in [0.3, 0.4) is 0 Å². The van der Waals surface area contributed by atoms with Crippen LogP contribution in [0.5, 0.6) is 0 Å². The molecule has 1 aliphatic rings. The molecule has 0 radical (unpaired) electrons. The maximum atomic E-state index is 10.8. The summed E-state index contributed by atoms with van der Waals surface area (Å²) < 4.78 is 0. The number of rotatable bonds is 2. The topological polar surface area (TPSA) is 17.1 Å². The van der Waals surface area contributed by atoms with Gasteiger partial charge in [-0.1, -0.05) is 21.5 Å². The first-order valence-corrected chi connectivity index (χ1v) is 4.73. The fourth-order valence-corrected chi connectivity index (χ4v) is 1.40. The molecule has 0 amide bonds. The molecule has 1 saturated carbocycles. The molecule has 0 unspecified atom stereocenters. The Bertz CT molecular complexity index is 153. The van der Waals surface area contributed by atoms with Gasteiger partial charge in [-0.2, -0.15) is 0 Å². The molecule has 0 aromatic carbocycles. The molecular formula is C8H11BrO. The lowest BCUT2D eigenvalue weighted by molar-refractivity contribution is -0.112. The van der Waals surface area contributed by atoms with Crippen LogP contribution in [0.25, 0.3) is 0 Å². The van der Waals surface area contributed by atoms with Gasteiger partial charge in [-0.05, 0) is 31.8 Å². The van der Waals surface area contributed by atoms with Gasteiger partial charge >= 0.3 is 0 Å². The van der Waals surface area contributed by atoms with E-state index >= 15 is 0 Å². The van der Waals surface area contributed by atoms with Crippen molar-refractivity contribution in [1.29, 1.82) is 0 Å². The number of alkyl halides is 1. The smallest absolute Gasteiger partial charge is 0.166 e. The second kappa shape index (κ2) is 3.91. The molecule has 2 heteroatoms. The van der Waals surface area contributed by atoms with E-state index in [9.17, 15) is 4.79 Å². The summed E-state index contributed by atoms with van der Waals surface area (Å²) in [6.07, 6.45) is 6.60. The predicted molar refractivity (Wildman–Crippen MR) is 45.4 cm³/mol. The standard InChI is InChI=1S/C8H11BrO/c9-6-8(10)5-7-3-1-2-4-7/h5H,1-4,6H2. The second-order valence-electron chi connectivity index (χ2n) is 2.61. The van der Waals surface area contributed by atoms with Crippen molar-refractivity contribution in [3.05, 3.63) is 11.6 Å². The lowest BCUT2D eigenvalue weighted by Crippen LogP contribution is -1.93. The molecule has 0 atom stereocenters. The van der Waals surface area contributed by atoms with Crippen LogP contribution < -0.4 is 0 Å². The largest absolute Gasteiger partial charge is 0.294 e. The summed E-state index contributed by atoms with van der Waals surface area (Å²) in [5.74, 6) is 0.205. The Morgan fingerprint density at radius 1 is 1.50 bits per heavy atom. The third kappa shape index (κ3) is 2.25. The molecule has 0 N–H and O–H groups in total. The number of halogens is 1. The molecule has 1 nitrogen and oxygen atoms in total. The zero-order valence-electron chi connectivity index (χ0n) is 5.90. The normalized spacial score (nSPS) is 17.5. The van der Waals surface area contributed by atoms with Gasteiger partial charge in [-0.3, -0.25) is 4.79 Å².